The van der Waals surface area contributed by atoms with Crippen molar-refractivity contribution in [2.75, 3.05) is 10.9 Å². The molecule has 4 aromatic rings. The van der Waals surface area contributed by atoms with Gasteiger partial charge in [0.05, 0.1) is 21.2 Å². The van der Waals surface area contributed by atoms with Crippen LogP contribution in [0.15, 0.2) is 117 Å². The van der Waals surface area contributed by atoms with Crippen LogP contribution in [0.3, 0.4) is 0 Å². The number of sulfonamides is 2. The molecule has 2 aliphatic carbocycles. The summed E-state index contributed by atoms with van der Waals surface area (Å²) in [7, 11) is -7.84. The molecule has 0 bridgehead atoms. The molecule has 1 radical (unpaired) electrons. The number of hydrogen-bond donors (Lipinski definition) is 7. The molecule has 0 saturated heterocycles. The quantitative estimate of drug-likeness (QED) is 0.110. The summed E-state index contributed by atoms with van der Waals surface area (Å²) in [6, 6.07) is 21.7. The maximum Gasteiger partial charge on any atom is 1.00 e. The molecule has 53 heavy (non-hydrogen) atoms. The van der Waals surface area contributed by atoms with Gasteiger partial charge < -0.3 is 15.9 Å². The maximum atomic E-state index is 12.1. The van der Waals surface area contributed by atoms with E-state index in [0.717, 1.165) is 23.3 Å². The van der Waals surface area contributed by atoms with Gasteiger partial charge in [-0.05, 0) is 65.7 Å². The van der Waals surface area contributed by atoms with Gasteiger partial charge in [0.25, 0.3) is 0 Å². The Hall–Kier alpha value is -5.47. The number of hydrogen-bond acceptors (Lipinski definition) is 13. The van der Waals surface area contributed by atoms with Gasteiger partial charge in [0.15, 0.2) is 0 Å². The van der Waals surface area contributed by atoms with Crippen LogP contribution in [-0.4, -0.2) is 56.1 Å². The molecule has 6 rings (SSSR count). The molecule has 0 saturated carbocycles. The molecule has 0 amide bonds. The van der Waals surface area contributed by atoms with Crippen LogP contribution in [0.2, 0.25) is 0 Å². The Kier molecular flexibility index (Phi) is 14.1. The zero-order valence-corrected chi connectivity index (χ0v) is 30.8. The minimum absolute atomic E-state index is 0. The van der Waals surface area contributed by atoms with Crippen molar-refractivity contribution in [1.29, 1.82) is 0 Å². The number of carbonyl (C=O) groups excluding carboxylic acids is 2. The zero-order chi connectivity index (χ0) is 38.2. The number of anilines is 2. The van der Waals surface area contributed by atoms with E-state index in [-0.39, 0.29) is 73.9 Å². The first-order chi connectivity index (χ1) is 24.5. The van der Waals surface area contributed by atoms with Gasteiger partial charge >= 0.3 is 1.43 Å². The van der Waals surface area contributed by atoms with Crippen molar-refractivity contribution in [1.82, 2.24) is 0 Å². The summed E-state index contributed by atoms with van der Waals surface area (Å²) in [4.78, 5) is 23.7. The molecule has 4 aromatic carbocycles. The maximum absolute atomic E-state index is 12.1. The molecule has 18 heteroatoms. The number of ketones is 2. The molecule has 2 aliphatic rings. The van der Waals surface area contributed by atoms with Gasteiger partial charge in [-0.2, -0.15) is 10.2 Å². The van der Waals surface area contributed by atoms with Gasteiger partial charge in [0.2, 0.25) is 31.6 Å². The molecule has 0 spiro atoms. The first kappa shape index (κ1) is 41.9. The molecule has 0 fully saturated rings. The van der Waals surface area contributed by atoms with Gasteiger partial charge in [-0.25, -0.2) is 27.1 Å². The third-order valence-corrected chi connectivity index (χ3v) is 8.72. The van der Waals surface area contributed by atoms with E-state index in [9.17, 15) is 36.6 Å². The van der Waals surface area contributed by atoms with E-state index in [4.69, 9.17) is 16.0 Å². The number of nitrogens with two attached hydrogens (primary N) is 3. The van der Waals surface area contributed by atoms with Crippen molar-refractivity contribution >= 4 is 66.6 Å². The van der Waals surface area contributed by atoms with Crippen molar-refractivity contribution in [3.05, 3.63) is 119 Å². The number of allylic oxidation sites excluding steroid dienone is 2. The van der Waals surface area contributed by atoms with E-state index in [2.05, 4.69) is 21.1 Å². The summed E-state index contributed by atoms with van der Waals surface area (Å²) in [5, 5.41) is 37.8. The predicted molar refractivity (Wildman–Crippen MR) is 201 cm³/mol. The fraction of sp³-hybridized carbons (Fsp3) is 0.0857. The Balaban J connectivity index is 0.000000329. The van der Waals surface area contributed by atoms with Crippen LogP contribution in [0, 0.1) is 0 Å². The number of primary sulfonamides is 2. The third kappa shape index (κ3) is 11.3. The van der Waals surface area contributed by atoms with Crippen molar-refractivity contribution in [2.24, 2.45) is 26.2 Å². The van der Waals surface area contributed by atoms with Crippen LogP contribution in [0.25, 0.3) is 12.2 Å². The first-order valence-corrected chi connectivity index (χ1v) is 18.3. The van der Waals surface area contributed by atoms with Crippen molar-refractivity contribution in [2.45, 2.75) is 29.7 Å². The second-order valence-electron chi connectivity index (χ2n) is 11.4. The average Bonchev–Trinajstić information content (AvgIpc) is 3.08. The smallest absolute Gasteiger partial charge is 0.506 e. The first-order valence-electron chi connectivity index (χ1n) is 15.2. The molecule has 10 N–H and O–H groups in total. The number of nitrogens with zero attached hydrogens (tertiary/aromatic N) is 2. The molecule has 0 atom stereocenters. The van der Waals surface area contributed by atoms with Gasteiger partial charge in [-0.15, -0.1) is 0 Å². The zero-order valence-electron chi connectivity index (χ0n) is 29.1. The number of rotatable bonds is 6. The minimum atomic E-state index is -3.92. The number of benzene rings is 4. The van der Waals surface area contributed by atoms with Crippen molar-refractivity contribution in [3.63, 3.8) is 0 Å². The largest absolute Gasteiger partial charge is 1.00 e. The van der Waals surface area contributed by atoms with E-state index >= 15 is 0 Å². The summed E-state index contributed by atoms with van der Waals surface area (Å²) in [5.41, 5.74) is 13.5. The van der Waals surface area contributed by atoms with Gasteiger partial charge in [0.1, 0.15) is 22.9 Å². The van der Waals surface area contributed by atoms with E-state index in [1.807, 2.05) is 38.1 Å². The fourth-order valence-corrected chi connectivity index (χ4v) is 5.58. The van der Waals surface area contributed by atoms with E-state index in [0.29, 0.717) is 17.2 Å². The van der Waals surface area contributed by atoms with Crippen molar-refractivity contribution in [3.8, 4) is 11.5 Å². The molecule has 15 nitrogen and oxygen atoms in total. The van der Waals surface area contributed by atoms with Gasteiger partial charge in [-0.3, -0.25) is 20.4 Å². The van der Waals surface area contributed by atoms with Crippen LogP contribution in [0.4, 0.5) is 11.4 Å². The van der Waals surface area contributed by atoms with E-state index < -0.39 is 20.0 Å². The number of carbonyl (C=O) groups is 2. The number of hydrazone groups is 2. The standard InChI is InChI=1S/2C16H13N3O4S.C3H9N.Co/c2*17-24(22,23)11-6-8-14(20)13(9-11)18-19-16-12-4-2-1-3-10(12)5-7-15(16)21;1-3(2)4;/h2*1-9,18,20H,(H2,17,22,23);3H,4H2,1-2H3;/p+1/b2*19-16-;;. The van der Waals surface area contributed by atoms with E-state index in [1.54, 1.807) is 36.4 Å². The summed E-state index contributed by atoms with van der Waals surface area (Å²) >= 11 is 0. The third-order valence-electron chi connectivity index (χ3n) is 6.90. The summed E-state index contributed by atoms with van der Waals surface area (Å²) in [5.74, 6) is -1.05. The van der Waals surface area contributed by atoms with Crippen LogP contribution in [0.5, 0.6) is 11.5 Å². The molecular weight excluding hydrogens is 769 g/mol. The van der Waals surface area contributed by atoms with E-state index in [1.165, 1.54) is 36.4 Å². The number of phenolic OH excluding ortho intramolecular Hbond substituents is 2. The van der Waals surface area contributed by atoms with Crippen LogP contribution >= 0.6 is 0 Å². The van der Waals surface area contributed by atoms with Crippen LogP contribution < -0.4 is 26.9 Å². The van der Waals surface area contributed by atoms with Gasteiger partial charge in [0, 0.05) is 27.9 Å². The average molecular weight is 806 g/mol. The van der Waals surface area contributed by atoms with Crippen LogP contribution in [0.1, 0.15) is 37.5 Å². The number of nitrogens with one attached hydrogen (secondary N) is 2. The number of phenols is 2. The second-order valence-corrected chi connectivity index (χ2v) is 14.5. The molecule has 0 heterocycles. The Morgan fingerprint density at radius 2 is 0.962 bits per heavy atom. The Morgan fingerprint density at radius 1 is 0.623 bits per heavy atom. The van der Waals surface area contributed by atoms with Crippen molar-refractivity contribution < 1.29 is 54.8 Å². The summed E-state index contributed by atoms with van der Waals surface area (Å²) < 4.78 is 45.5. The molecule has 279 valence electrons. The normalized spacial score (nSPS) is 14.6. The molecule has 0 aromatic heterocycles. The summed E-state index contributed by atoms with van der Waals surface area (Å²) in [6.45, 7) is 3.89. The Bertz CT molecular complexity index is 2220. The summed E-state index contributed by atoms with van der Waals surface area (Å²) in [6.07, 6.45) is 6.17. The second kappa shape index (κ2) is 17.8. The number of fused-ring (bicyclic) bond motifs is 2. The predicted octanol–water partition coefficient (Wildman–Crippen LogP) is 3.37. The fourth-order valence-electron chi connectivity index (χ4n) is 4.50. The number of aromatic hydroxyl groups is 2. The minimum Gasteiger partial charge on any atom is -0.506 e. The molecule has 0 unspecified atom stereocenters. The Labute approximate surface area is 317 Å². The van der Waals surface area contributed by atoms with Gasteiger partial charge in [-0.1, -0.05) is 74.5 Å². The SMILES string of the molecule is CC(C)N.NS(=O)(=O)c1ccc(O)c(N/N=C2\C(=O)C=Cc3ccccc32)c1.NS(=O)(=O)c1ccc(O)c(N/N=C2\C(=O)C=Cc3ccccc32)c1.[Co].[H+]. The molecule has 0 aliphatic heterocycles. The monoisotopic (exact) mass is 805 g/mol. The topological polar surface area (TPSA) is 270 Å². The molecular formula is C35H36CoN7O8S2+. The Morgan fingerprint density at radius 3 is 1.30 bits per heavy atom. The van der Waals surface area contributed by atoms with Crippen LogP contribution in [-0.2, 0) is 46.4 Å².